The SMILES string of the molecule is CCOC(=O)c1ccc(C(CC=Cc2ccc(Cl)cc2)N2CCNCC2)cc1. The van der Waals surface area contributed by atoms with E-state index >= 15 is 0 Å². The van der Waals surface area contributed by atoms with Gasteiger partial charge in [0.15, 0.2) is 0 Å². The molecule has 2 aromatic rings. The third-order valence-electron chi connectivity index (χ3n) is 4.94. The summed E-state index contributed by atoms with van der Waals surface area (Å²) in [5.41, 5.74) is 2.96. The van der Waals surface area contributed by atoms with Crippen molar-refractivity contribution >= 4 is 23.6 Å². The number of piperazine rings is 1. The summed E-state index contributed by atoms with van der Waals surface area (Å²) < 4.78 is 5.09. The van der Waals surface area contributed by atoms with Crippen molar-refractivity contribution in [3.8, 4) is 0 Å². The third-order valence-corrected chi connectivity index (χ3v) is 5.19. The van der Waals surface area contributed by atoms with E-state index in [0.29, 0.717) is 12.2 Å². The van der Waals surface area contributed by atoms with E-state index in [2.05, 4.69) is 34.5 Å². The Kier molecular flexibility index (Phi) is 7.66. The number of benzene rings is 2. The Labute approximate surface area is 172 Å². The van der Waals surface area contributed by atoms with E-state index in [1.807, 2.05) is 43.3 Å². The van der Waals surface area contributed by atoms with Crippen LogP contribution in [0.25, 0.3) is 6.08 Å². The van der Waals surface area contributed by atoms with Gasteiger partial charge < -0.3 is 10.1 Å². The first-order valence-electron chi connectivity index (χ1n) is 9.81. The van der Waals surface area contributed by atoms with E-state index in [1.54, 1.807) is 0 Å². The van der Waals surface area contributed by atoms with Crippen LogP contribution >= 0.6 is 11.6 Å². The maximum absolute atomic E-state index is 11.9. The molecule has 0 radical (unpaired) electrons. The van der Waals surface area contributed by atoms with Crippen molar-refractivity contribution in [3.63, 3.8) is 0 Å². The number of hydrogen-bond acceptors (Lipinski definition) is 4. The summed E-state index contributed by atoms with van der Waals surface area (Å²) in [4.78, 5) is 14.4. The van der Waals surface area contributed by atoms with Crippen LogP contribution in [0.4, 0.5) is 0 Å². The molecular formula is C23H27ClN2O2. The molecule has 0 bridgehead atoms. The number of rotatable bonds is 7. The maximum Gasteiger partial charge on any atom is 0.338 e. The second-order valence-corrected chi connectivity index (χ2v) is 7.27. The molecule has 1 unspecified atom stereocenters. The highest BCUT2D eigenvalue weighted by Gasteiger charge is 2.21. The van der Waals surface area contributed by atoms with Gasteiger partial charge in [0.2, 0.25) is 0 Å². The molecule has 0 amide bonds. The average Bonchev–Trinajstić information content (AvgIpc) is 2.73. The van der Waals surface area contributed by atoms with Crippen LogP contribution in [-0.2, 0) is 4.74 Å². The Balaban J connectivity index is 1.74. The molecule has 2 aromatic carbocycles. The van der Waals surface area contributed by atoms with Gasteiger partial charge in [-0.1, -0.05) is 48.0 Å². The lowest BCUT2D eigenvalue weighted by atomic mass is 9.99. The Morgan fingerprint density at radius 3 is 2.46 bits per heavy atom. The minimum atomic E-state index is -0.268. The van der Waals surface area contributed by atoms with E-state index in [-0.39, 0.29) is 12.0 Å². The number of nitrogens with one attached hydrogen (secondary N) is 1. The topological polar surface area (TPSA) is 41.6 Å². The molecule has 1 atom stereocenters. The minimum absolute atomic E-state index is 0.268. The van der Waals surface area contributed by atoms with Crippen molar-refractivity contribution in [2.45, 2.75) is 19.4 Å². The summed E-state index contributed by atoms with van der Waals surface area (Å²) in [5, 5.41) is 4.16. The lowest BCUT2D eigenvalue weighted by molar-refractivity contribution is 0.0526. The van der Waals surface area contributed by atoms with Gasteiger partial charge in [0.25, 0.3) is 0 Å². The van der Waals surface area contributed by atoms with Crippen LogP contribution in [0.3, 0.4) is 0 Å². The molecule has 0 aliphatic carbocycles. The van der Waals surface area contributed by atoms with Crippen molar-refractivity contribution < 1.29 is 9.53 Å². The predicted octanol–water partition coefficient (Wildman–Crippen LogP) is 4.57. The van der Waals surface area contributed by atoms with Crippen LogP contribution in [0.2, 0.25) is 5.02 Å². The molecule has 0 saturated carbocycles. The molecule has 3 rings (SSSR count). The molecule has 5 heteroatoms. The van der Waals surface area contributed by atoms with Gasteiger partial charge in [-0.3, -0.25) is 4.90 Å². The molecule has 1 aliphatic heterocycles. The molecule has 28 heavy (non-hydrogen) atoms. The van der Waals surface area contributed by atoms with E-state index < -0.39 is 0 Å². The maximum atomic E-state index is 11.9. The lowest BCUT2D eigenvalue weighted by Gasteiger charge is -2.35. The van der Waals surface area contributed by atoms with Crippen LogP contribution < -0.4 is 5.32 Å². The molecule has 1 fully saturated rings. The smallest absolute Gasteiger partial charge is 0.338 e. The summed E-state index contributed by atoms with van der Waals surface area (Å²) in [6.07, 6.45) is 5.26. The van der Waals surface area contributed by atoms with Gasteiger partial charge in [-0.25, -0.2) is 4.79 Å². The molecule has 1 saturated heterocycles. The monoisotopic (exact) mass is 398 g/mol. The fraction of sp³-hybridized carbons (Fsp3) is 0.348. The fourth-order valence-corrected chi connectivity index (χ4v) is 3.58. The summed E-state index contributed by atoms with van der Waals surface area (Å²) in [6.45, 7) is 6.23. The highest BCUT2D eigenvalue weighted by atomic mass is 35.5. The normalized spacial score (nSPS) is 16.2. The van der Waals surface area contributed by atoms with Gasteiger partial charge in [-0.15, -0.1) is 0 Å². The molecule has 0 aromatic heterocycles. The zero-order chi connectivity index (χ0) is 19.8. The first kappa shape index (κ1) is 20.6. The number of halogens is 1. The van der Waals surface area contributed by atoms with Gasteiger partial charge in [0.1, 0.15) is 0 Å². The molecule has 148 valence electrons. The van der Waals surface area contributed by atoms with E-state index in [0.717, 1.165) is 43.2 Å². The minimum Gasteiger partial charge on any atom is -0.462 e. The predicted molar refractivity (Wildman–Crippen MR) is 115 cm³/mol. The summed E-state index contributed by atoms with van der Waals surface area (Å²) in [6, 6.07) is 16.0. The first-order valence-corrected chi connectivity index (χ1v) is 10.2. The summed E-state index contributed by atoms with van der Waals surface area (Å²) in [7, 11) is 0. The Morgan fingerprint density at radius 1 is 1.14 bits per heavy atom. The molecule has 4 nitrogen and oxygen atoms in total. The summed E-state index contributed by atoms with van der Waals surface area (Å²) in [5.74, 6) is -0.268. The average molecular weight is 399 g/mol. The zero-order valence-electron chi connectivity index (χ0n) is 16.2. The van der Waals surface area contributed by atoms with Crippen molar-refractivity contribution in [1.82, 2.24) is 10.2 Å². The highest BCUT2D eigenvalue weighted by molar-refractivity contribution is 6.30. The summed E-state index contributed by atoms with van der Waals surface area (Å²) >= 11 is 5.96. The molecule has 1 heterocycles. The van der Waals surface area contributed by atoms with Gasteiger partial charge in [0, 0.05) is 37.2 Å². The van der Waals surface area contributed by atoms with E-state index in [1.165, 1.54) is 5.56 Å². The standard InChI is InChI=1S/C23H27ClN2O2/c1-2-28-23(27)20-10-8-19(9-11-20)22(26-16-14-25-15-17-26)5-3-4-18-6-12-21(24)13-7-18/h3-4,6-13,22,25H,2,5,14-17H2,1H3. The van der Waals surface area contributed by atoms with Crippen molar-refractivity contribution in [1.29, 1.82) is 0 Å². The first-order chi connectivity index (χ1) is 13.7. The lowest BCUT2D eigenvalue weighted by Crippen LogP contribution is -2.45. The molecule has 1 aliphatic rings. The molecule has 0 spiro atoms. The number of carbonyl (C=O) groups excluding carboxylic acids is 1. The van der Waals surface area contributed by atoms with Gasteiger partial charge in [0.05, 0.1) is 12.2 Å². The second-order valence-electron chi connectivity index (χ2n) is 6.83. The number of ether oxygens (including phenoxy) is 1. The van der Waals surface area contributed by atoms with Crippen molar-refractivity contribution in [2.24, 2.45) is 0 Å². The fourth-order valence-electron chi connectivity index (χ4n) is 3.45. The Hall–Kier alpha value is -2.14. The number of nitrogens with zero attached hydrogens (tertiary/aromatic N) is 1. The zero-order valence-corrected chi connectivity index (χ0v) is 17.0. The van der Waals surface area contributed by atoms with Crippen molar-refractivity contribution in [2.75, 3.05) is 32.8 Å². The number of hydrogen-bond donors (Lipinski definition) is 1. The number of carbonyl (C=O) groups is 1. The Morgan fingerprint density at radius 2 is 1.82 bits per heavy atom. The molecule has 1 N–H and O–H groups in total. The van der Waals surface area contributed by atoms with Crippen LogP contribution in [-0.4, -0.2) is 43.7 Å². The third kappa shape index (κ3) is 5.68. The van der Waals surface area contributed by atoms with Crippen LogP contribution in [0, 0.1) is 0 Å². The quantitative estimate of drug-likeness (QED) is 0.694. The largest absolute Gasteiger partial charge is 0.462 e. The Bertz CT molecular complexity index is 781. The van der Waals surface area contributed by atoms with Crippen LogP contribution in [0.1, 0.15) is 40.9 Å². The van der Waals surface area contributed by atoms with Gasteiger partial charge in [-0.2, -0.15) is 0 Å². The molecular weight excluding hydrogens is 372 g/mol. The number of esters is 1. The van der Waals surface area contributed by atoms with Crippen LogP contribution in [0.15, 0.2) is 54.6 Å². The van der Waals surface area contributed by atoms with E-state index in [4.69, 9.17) is 16.3 Å². The van der Waals surface area contributed by atoms with Crippen LogP contribution in [0.5, 0.6) is 0 Å². The highest BCUT2D eigenvalue weighted by Crippen LogP contribution is 2.26. The van der Waals surface area contributed by atoms with Crippen molar-refractivity contribution in [3.05, 3.63) is 76.3 Å². The van der Waals surface area contributed by atoms with Gasteiger partial charge in [-0.05, 0) is 48.7 Å². The van der Waals surface area contributed by atoms with Gasteiger partial charge >= 0.3 is 5.97 Å². The van der Waals surface area contributed by atoms with E-state index in [9.17, 15) is 4.79 Å². The second kappa shape index (κ2) is 10.4.